The van der Waals surface area contributed by atoms with Gasteiger partial charge >= 0.3 is 11.9 Å². The monoisotopic (exact) mass is 748 g/mol. The molecule has 284 valence electrons. The van der Waals surface area contributed by atoms with Gasteiger partial charge in [-0.1, -0.05) is 0 Å². The van der Waals surface area contributed by atoms with Gasteiger partial charge in [0.2, 0.25) is 11.6 Å². The topological polar surface area (TPSA) is 234 Å². The van der Waals surface area contributed by atoms with Crippen molar-refractivity contribution in [2.45, 2.75) is 64.8 Å². The molecule has 6 N–H and O–H groups in total. The molecule has 0 saturated carbocycles. The van der Waals surface area contributed by atoms with E-state index in [-0.39, 0.29) is 24.3 Å². The Morgan fingerprint density at radius 1 is 0.720 bits per heavy atom. The normalized spacial score (nSPS) is 16.5. The minimum atomic E-state index is -1.26. The molecular formula is C30H52N8O10S2. The Kier molecular flexibility index (Phi) is 18.8. The number of carbonyl (C=O) groups is 2. The highest BCUT2D eigenvalue weighted by Gasteiger charge is 2.22. The van der Waals surface area contributed by atoms with Crippen molar-refractivity contribution in [3.63, 3.8) is 0 Å². The zero-order chi connectivity index (χ0) is 37.2. The number of hydrogen-bond donors (Lipinski definition) is 6. The van der Waals surface area contributed by atoms with E-state index < -0.39 is 24.1 Å². The number of morpholine rings is 2. The summed E-state index contributed by atoms with van der Waals surface area (Å²) in [7, 11) is 0. The number of nitrogens with zero attached hydrogens (tertiary/aromatic N) is 6. The lowest BCUT2D eigenvalue weighted by atomic mass is 10.1. The summed E-state index contributed by atoms with van der Waals surface area (Å²) in [6, 6.07) is 0. The molecule has 4 rings (SSSR count). The van der Waals surface area contributed by atoms with E-state index in [1.807, 2.05) is 0 Å². The number of aromatic nitrogens is 4. The van der Waals surface area contributed by atoms with Crippen LogP contribution < -0.4 is 29.9 Å². The lowest BCUT2D eigenvalue weighted by molar-refractivity contribution is -0.134. The number of aliphatic hydroxyl groups is 2. The van der Waals surface area contributed by atoms with Gasteiger partial charge in [0.15, 0.2) is 0 Å². The standard InChI is InChI=1S/2C13H24N4O3S.C4H4O4/c2*1-13(2,3)14-8-10(18)9-20-12-11(15-21-16-12)17-4-6-19-7-5-17;5-3(6)1-2-4(7)8/h2*10,14,18H,4-9H2,1-3H3;1-2H,(H,5,6)(H,7,8)/b;;2-1-. The summed E-state index contributed by atoms with van der Waals surface area (Å²) in [6.45, 7) is 19.6. The molecule has 2 atom stereocenters. The number of aliphatic hydroxyl groups excluding tert-OH is 2. The molecule has 4 heterocycles. The molecule has 18 nitrogen and oxygen atoms in total. The molecule has 0 radical (unpaired) electrons. The largest absolute Gasteiger partial charge is 0.478 e. The molecule has 0 bridgehead atoms. The molecule has 2 saturated heterocycles. The van der Waals surface area contributed by atoms with E-state index in [0.717, 1.165) is 61.3 Å². The summed E-state index contributed by atoms with van der Waals surface area (Å²) in [5.41, 5.74) is -0.0513. The van der Waals surface area contributed by atoms with Crippen LogP contribution in [0.3, 0.4) is 0 Å². The van der Waals surface area contributed by atoms with E-state index in [1.165, 1.54) is 0 Å². The second kappa shape index (κ2) is 21.9. The molecule has 2 aliphatic rings. The van der Waals surface area contributed by atoms with E-state index in [9.17, 15) is 19.8 Å². The van der Waals surface area contributed by atoms with Crippen LogP contribution in [0.25, 0.3) is 0 Å². The van der Waals surface area contributed by atoms with Crippen LogP contribution in [0.1, 0.15) is 41.5 Å². The van der Waals surface area contributed by atoms with Gasteiger partial charge < -0.3 is 59.8 Å². The van der Waals surface area contributed by atoms with Gasteiger partial charge in [0.05, 0.1) is 49.9 Å². The van der Waals surface area contributed by atoms with Crippen molar-refractivity contribution in [2.75, 3.05) is 88.7 Å². The maximum absolute atomic E-state index is 9.95. The molecule has 50 heavy (non-hydrogen) atoms. The summed E-state index contributed by atoms with van der Waals surface area (Å²) >= 11 is 2.25. The van der Waals surface area contributed by atoms with Crippen LogP contribution in [0.4, 0.5) is 11.6 Å². The molecule has 0 aromatic carbocycles. The maximum atomic E-state index is 9.95. The van der Waals surface area contributed by atoms with Gasteiger partial charge in [0.1, 0.15) is 25.4 Å². The first kappa shape index (κ1) is 42.9. The van der Waals surface area contributed by atoms with Gasteiger partial charge in [-0.25, -0.2) is 9.59 Å². The van der Waals surface area contributed by atoms with Gasteiger partial charge in [-0.3, -0.25) is 0 Å². The first-order valence-electron chi connectivity index (χ1n) is 16.1. The van der Waals surface area contributed by atoms with Crippen LogP contribution in [0.2, 0.25) is 0 Å². The van der Waals surface area contributed by atoms with Crippen molar-refractivity contribution in [1.82, 2.24) is 28.1 Å². The van der Waals surface area contributed by atoms with E-state index >= 15 is 0 Å². The Labute approximate surface area is 301 Å². The van der Waals surface area contributed by atoms with Crippen LogP contribution in [0, 0.1) is 0 Å². The average molecular weight is 749 g/mol. The van der Waals surface area contributed by atoms with E-state index in [1.54, 1.807) is 0 Å². The highest BCUT2D eigenvalue weighted by atomic mass is 32.1. The predicted molar refractivity (Wildman–Crippen MR) is 189 cm³/mol. The third-order valence-electron chi connectivity index (χ3n) is 6.44. The summed E-state index contributed by atoms with van der Waals surface area (Å²) < 4.78 is 38.8. The van der Waals surface area contributed by atoms with Gasteiger partial charge in [-0.15, -0.1) is 8.75 Å². The van der Waals surface area contributed by atoms with Crippen molar-refractivity contribution in [3.8, 4) is 11.8 Å². The van der Waals surface area contributed by atoms with E-state index in [2.05, 4.69) is 79.5 Å². The maximum Gasteiger partial charge on any atom is 0.328 e. The second-order valence-electron chi connectivity index (χ2n) is 13.2. The quantitative estimate of drug-likeness (QED) is 0.146. The highest BCUT2D eigenvalue weighted by molar-refractivity contribution is 6.99. The molecule has 20 heteroatoms. The second-order valence-corrected chi connectivity index (χ2v) is 14.2. The lowest BCUT2D eigenvalue weighted by Gasteiger charge is -2.27. The number of β-amino-alcohol motifs (C(OH)–C–C–N with tert-alkyl or cyclic N) is 2. The predicted octanol–water partition coefficient (Wildman–Crippen LogP) is 0.717. The Morgan fingerprint density at radius 2 is 1.06 bits per heavy atom. The summed E-state index contributed by atoms with van der Waals surface area (Å²) in [6.07, 6.45) is -0.0445. The van der Waals surface area contributed by atoms with Crippen LogP contribution >= 0.6 is 23.5 Å². The zero-order valence-corrected chi connectivity index (χ0v) is 31.2. The smallest absolute Gasteiger partial charge is 0.328 e. The number of ether oxygens (including phenoxy) is 4. The molecule has 0 amide bonds. The first-order chi connectivity index (χ1) is 23.5. The van der Waals surface area contributed by atoms with Crippen LogP contribution in [-0.4, -0.2) is 152 Å². The Morgan fingerprint density at radius 3 is 1.36 bits per heavy atom. The van der Waals surface area contributed by atoms with Gasteiger partial charge in [0, 0.05) is 62.5 Å². The molecule has 2 aromatic rings. The first-order valence-corrected chi connectivity index (χ1v) is 17.6. The fraction of sp³-hybridized carbons (Fsp3) is 0.733. The molecule has 0 aliphatic carbocycles. The van der Waals surface area contributed by atoms with E-state index in [4.69, 9.17) is 29.2 Å². The van der Waals surface area contributed by atoms with Crippen molar-refractivity contribution in [2.24, 2.45) is 0 Å². The number of nitrogens with one attached hydrogen (secondary N) is 2. The number of hydrogen-bond acceptors (Lipinski definition) is 18. The number of rotatable bonds is 14. The minimum Gasteiger partial charge on any atom is -0.478 e. The van der Waals surface area contributed by atoms with Crippen molar-refractivity contribution in [3.05, 3.63) is 12.2 Å². The molecule has 2 fully saturated rings. The van der Waals surface area contributed by atoms with Crippen molar-refractivity contribution < 1.29 is 49.0 Å². The Hall–Kier alpha value is -3.24. The molecular weight excluding hydrogens is 697 g/mol. The summed E-state index contributed by atoms with van der Waals surface area (Å²) in [4.78, 5) is 23.3. The van der Waals surface area contributed by atoms with Crippen molar-refractivity contribution >= 4 is 47.0 Å². The molecule has 0 spiro atoms. The molecule has 2 aromatic heterocycles. The number of carboxylic acids is 2. The van der Waals surface area contributed by atoms with Gasteiger partial charge in [-0.05, 0) is 41.5 Å². The number of carboxylic acid groups (broad SMARTS) is 2. The van der Waals surface area contributed by atoms with Crippen LogP contribution in [0.5, 0.6) is 11.8 Å². The number of aliphatic carboxylic acids is 2. The van der Waals surface area contributed by atoms with Crippen LogP contribution in [-0.2, 0) is 19.1 Å². The Balaban J connectivity index is 0.000000286. The molecule has 2 aliphatic heterocycles. The Bertz CT molecular complexity index is 1190. The SMILES string of the molecule is CC(C)(C)NCC(O)COc1nsnc1N1CCOCC1.CC(C)(C)NCC(O)COc1nsnc1N1CCOCC1.O=C(O)/C=C\C(=O)O. The highest BCUT2D eigenvalue weighted by Crippen LogP contribution is 2.27. The van der Waals surface area contributed by atoms with Crippen molar-refractivity contribution in [1.29, 1.82) is 0 Å². The molecule has 2 unspecified atom stereocenters. The van der Waals surface area contributed by atoms with Crippen LogP contribution in [0.15, 0.2) is 12.2 Å². The summed E-state index contributed by atoms with van der Waals surface area (Å²) in [5.74, 6) is -0.0215. The minimum absolute atomic E-state index is 0.0257. The third-order valence-corrected chi connectivity index (χ3v) is 7.44. The van der Waals surface area contributed by atoms with Gasteiger partial charge in [-0.2, -0.15) is 8.75 Å². The van der Waals surface area contributed by atoms with Gasteiger partial charge in [0.25, 0.3) is 11.8 Å². The third kappa shape index (κ3) is 18.7. The average Bonchev–Trinajstić information content (AvgIpc) is 3.74. The fourth-order valence-corrected chi connectivity index (χ4v) is 4.97. The van der Waals surface area contributed by atoms with E-state index in [0.29, 0.717) is 63.4 Å². The zero-order valence-electron chi connectivity index (χ0n) is 29.5. The summed E-state index contributed by atoms with van der Waals surface area (Å²) in [5, 5.41) is 42.0. The number of anilines is 2. The fourth-order valence-electron chi connectivity index (χ4n) is 3.93. The lowest BCUT2D eigenvalue weighted by Crippen LogP contribution is -2.42.